The van der Waals surface area contributed by atoms with Gasteiger partial charge in [0.2, 0.25) is 5.91 Å². The van der Waals surface area contributed by atoms with Gasteiger partial charge in [-0.05, 0) is 37.6 Å². The number of hydrogen-bond donors (Lipinski definition) is 1. The molecule has 0 saturated carbocycles. The molecule has 0 radical (unpaired) electrons. The fourth-order valence-electron chi connectivity index (χ4n) is 3.29. The third kappa shape index (κ3) is 4.97. The molecule has 2 aromatic carbocycles. The molecule has 1 heterocycles. The molecular formula is C22H25N3O3. The smallest absolute Gasteiger partial charge is 0.253 e. The zero-order valence-electron chi connectivity index (χ0n) is 16.1. The normalized spacial score (nSPS) is 14.3. The molecule has 2 aromatic rings. The fraction of sp³-hybridized carbons (Fsp3) is 0.318. The molecule has 0 aromatic heterocycles. The molecule has 3 rings (SSSR count). The van der Waals surface area contributed by atoms with Crippen molar-refractivity contribution in [3.8, 4) is 0 Å². The zero-order valence-corrected chi connectivity index (χ0v) is 16.1. The van der Waals surface area contributed by atoms with Crippen LogP contribution in [-0.4, -0.2) is 60.2 Å². The van der Waals surface area contributed by atoms with Crippen LogP contribution in [0.5, 0.6) is 0 Å². The predicted molar refractivity (Wildman–Crippen MR) is 107 cm³/mol. The van der Waals surface area contributed by atoms with Crippen LogP contribution in [-0.2, 0) is 4.79 Å². The van der Waals surface area contributed by atoms with Crippen molar-refractivity contribution >= 4 is 17.7 Å². The van der Waals surface area contributed by atoms with E-state index in [-0.39, 0.29) is 24.3 Å². The van der Waals surface area contributed by atoms with E-state index in [1.165, 1.54) is 0 Å². The SMILES string of the molecule is Cc1cccc(C(=O)N2CCCN(C(=O)CNC(=O)c3ccccc3)CC2)c1. The van der Waals surface area contributed by atoms with E-state index in [0.717, 1.165) is 12.0 Å². The molecule has 1 fully saturated rings. The molecule has 28 heavy (non-hydrogen) atoms. The van der Waals surface area contributed by atoms with E-state index in [0.29, 0.717) is 37.3 Å². The number of benzene rings is 2. The van der Waals surface area contributed by atoms with Crippen LogP contribution < -0.4 is 5.32 Å². The second-order valence-electron chi connectivity index (χ2n) is 6.94. The summed E-state index contributed by atoms with van der Waals surface area (Å²) in [5.74, 6) is -0.399. The lowest BCUT2D eigenvalue weighted by Crippen LogP contribution is -2.42. The van der Waals surface area contributed by atoms with Gasteiger partial charge in [-0.3, -0.25) is 14.4 Å². The summed E-state index contributed by atoms with van der Waals surface area (Å²) in [6.45, 7) is 4.08. The molecule has 0 unspecified atom stereocenters. The molecule has 1 saturated heterocycles. The topological polar surface area (TPSA) is 69.7 Å². The number of amides is 3. The highest BCUT2D eigenvalue weighted by Crippen LogP contribution is 2.11. The number of hydrogen-bond acceptors (Lipinski definition) is 3. The Balaban J connectivity index is 1.52. The van der Waals surface area contributed by atoms with Gasteiger partial charge in [0, 0.05) is 37.3 Å². The summed E-state index contributed by atoms with van der Waals surface area (Å²) in [7, 11) is 0. The highest BCUT2D eigenvalue weighted by atomic mass is 16.2. The standard InChI is InChI=1S/C22H25N3O3/c1-17-7-5-10-19(15-17)22(28)25-12-6-11-24(13-14-25)20(26)16-23-21(27)18-8-3-2-4-9-18/h2-5,7-10,15H,6,11-14,16H2,1H3,(H,23,27). The molecule has 146 valence electrons. The fourth-order valence-corrected chi connectivity index (χ4v) is 3.29. The molecule has 6 nitrogen and oxygen atoms in total. The Bertz CT molecular complexity index is 851. The summed E-state index contributed by atoms with van der Waals surface area (Å²) in [5, 5.41) is 2.67. The van der Waals surface area contributed by atoms with Gasteiger partial charge in [-0.15, -0.1) is 0 Å². The number of rotatable bonds is 4. The maximum atomic E-state index is 12.7. The zero-order chi connectivity index (χ0) is 19.9. The quantitative estimate of drug-likeness (QED) is 0.884. The Morgan fingerprint density at radius 2 is 1.54 bits per heavy atom. The largest absolute Gasteiger partial charge is 0.343 e. The molecule has 0 aliphatic carbocycles. The highest BCUT2D eigenvalue weighted by Gasteiger charge is 2.23. The number of aryl methyl sites for hydroxylation is 1. The van der Waals surface area contributed by atoms with Crippen LogP contribution in [0.25, 0.3) is 0 Å². The summed E-state index contributed by atoms with van der Waals surface area (Å²) in [4.78, 5) is 40.8. The van der Waals surface area contributed by atoms with Crippen LogP contribution in [0.2, 0.25) is 0 Å². The Kier molecular flexibility index (Phi) is 6.42. The minimum Gasteiger partial charge on any atom is -0.343 e. The number of carbonyl (C=O) groups is 3. The number of nitrogens with one attached hydrogen (secondary N) is 1. The Morgan fingerprint density at radius 3 is 2.29 bits per heavy atom. The average Bonchev–Trinajstić information content (AvgIpc) is 2.98. The van der Waals surface area contributed by atoms with Gasteiger partial charge in [0.15, 0.2) is 0 Å². The van der Waals surface area contributed by atoms with Crippen LogP contribution in [0.15, 0.2) is 54.6 Å². The van der Waals surface area contributed by atoms with Gasteiger partial charge in [-0.2, -0.15) is 0 Å². The van der Waals surface area contributed by atoms with Crippen molar-refractivity contribution in [2.75, 3.05) is 32.7 Å². The van der Waals surface area contributed by atoms with Gasteiger partial charge in [-0.1, -0.05) is 35.9 Å². The van der Waals surface area contributed by atoms with Crippen LogP contribution in [0, 0.1) is 6.92 Å². The maximum absolute atomic E-state index is 12.7. The molecule has 1 N–H and O–H groups in total. The molecule has 0 atom stereocenters. The minimum atomic E-state index is -0.264. The Labute approximate surface area is 165 Å². The first-order valence-corrected chi connectivity index (χ1v) is 9.51. The van der Waals surface area contributed by atoms with E-state index in [1.807, 2.05) is 37.3 Å². The van der Waals surface area contributed by atoms with Gasteiger partial charge in [0.1, 0.15) is 0 Å². The van der Waals surface area contributed by atoms with Crippen molar-refractivity contribution in [1.82, 2.24) is 15.1 Å². The van der Waals surface area contributed by atoms with Crippen molar-refractivity contribution in [2.45, 2.75) is 13.3 Å². The van der Waals surface area contributed by atoms with E-state index in [4.69, 9.17) is 0 Å². The molecule has 1 aliphatic rings. The van der Waals surface area contributed by atoms with Gasteiger partial charge in [-0.25, -0.2) is 0 Å². The van der Waals surface area contributed by atoms with E-state index in [9.17, 15) is 14.4 Å². The summed E-state index contributed by atoms with van der Waals surface area (Å²) < 4.78 is 0. The third-order valence-electron chi connectivity index (χ3n) is 4.84. The van der Waals surface area contributed by atoms with Crippen LogP contribution in [0.1, 0.15) is 32.7 Å². The van der Waals surface area contributed by atoms with Crippen molar-refractivity contribution < 1.29 is 14.4 Å². The molecule has 1 aliphatic heterocycles. The van der Waals surface area contributed by atoms with Crippen LogP contribution >= 0.6 is 0 Å². The van der Waals surface area contributed by atoms with Crippen molar-refractivity contribution in [2.24, 2.45) is 0 Å². The number of carbonyl (C=O) groups excluding carboxylic acids is 3. The molecule has 3 amide bonds. The highest BCUT2D eigenvalue weighted by molar-refractivity contribution is 5.96. The summed E-state index contributed by atoms with van der Waals surface area (Å²) in [6.07, 6.45) is 0.718. The lowest BCUT2D eigenvalue weighted by Gasteiger charge is -2.22. The first-order valence-electron chi connectivity index (χ1n) is 9.51. The second kappa shape index (κ2) is 9.17. The van der Waals surface area contributed by atoms with Crippen molar-refractivity contribution in [1.29, 1.82) is 0 Å². The van der Waals surface area contributed by atoms with Crippen LogP contribution in [0.4, 0.5) is 0 Å². The predicted octanol–water partition coefficient (Wildman–Crippen LogP) is 2.10. The Hall–Kier alpha value is -3.15. The van der Waals surface area contributed by atoms with Gasteiger partial charge in [0.05, 0.1) is 6.54 Å². The lowest BCUT2D eigenvalue weighted by molar-refractivity contribution is -0.129. The first kappa shape index (κ1) is 19.6. The lowest BCUT2D eigenvalue weighted by atomic mass is 10.1. The third-order valence-corrected chi connectivity index (χ3v) is 4.84. The number of nitrogens with zero attached hydrogens (tertiary/aromatic N) is 2. The first-order chi connectivity index (χ1) is 13.5. The van der Waals surface area contributed by atoms with Crippen molar-refractivity contribution in [3.63, 3.8) is 0 Å². The van der Waals surface area contributed by atoms with Crippen molar-refractivity contribution in [3.05, 3.63) is 71.3 Å². The van der Waals surface area contributed by atoms with Crippen LogP contribution in [0.3, 0.4) is 0 Å². The molecule has 0 spiro atoms. The molecule has 6 heteroatoms. The maximum Gasteiger partial charge on any atom is 0.253 e. The van der Waals surface area contributed by atoms with E-state index in [2.05, 4.69) is 5.32 Å². The average molecular weight is 379 g/mol. The summed E-state index contributed by atoms with van der Waals surface area (Å²) in [6, 6.07) is 16.4. The van der Waals surface area contributed by atoms with E-state index < -0.39 is 0 Å². The summed E-state index contributed by atoms with van der Waals surface area (Å²) in [5.41, 5.74) is 2.25. The van der Waals surface area contributed by atoms with Gasteiger partial charge < -0.3 is 15.1 Å². The van der Waals surface area contributed by atoms with E-state index in [1.54, 1.807) is 34.1 Å². The van der Waals surface area contributed by atoms with Gasteiger partial charge >= 0.3 is 0 Å². The summed E-state index contributed by atoms with van der Waals surface area (Å²) >= 11 is 0. The minimum absolute atomic E-state index is 0.00428. The van der Waals surface area contributed by atoms with E-state index >= 15 is 0 Å². The van der Waals surface area contributed by atoms with Gasteiger partial charge in [0.25, 0.3) is 11.8 Å². The second-order valence-corrected chi connectivity index (χ2v) is 6.94. The Morgan fingerprint density at radius 1 is 0.857 bits per heavy atom. The molecular weight excluding hydrogens is 354 g/mol. The monoisotopic (exact) mass is 379 g/mol. The molecule has 0 bridgehead atoms.